The van der Waals surface area contributed by atoms with E-state index >= 15 is 0 Å². The first-order valence-corrected chi connectivity index (χ1v) is 7.25. The third kappa shape index (κ3) is 2.14. The molecule has 2 bridgehead atoms. The standard InChI is InChI=1S/C10H19O2Si/c1-3-6-10(2)11-9-5-4-7-13(8-9)12-10/h9H,3-8H2,1-2H3. The molecule has 0 aromatic carbocycles. The van der Waals surface area contributed by atoms with Gasteiger partial charge in [-0.25, -0.2) is 0 Å². The van der Waals surface area contributed by atoms with Crippen molar-refractivity contribution >= 4 is 9.04 Å². The van der Waals surface area contributed by atoms with E-state index in [0.717, 1.165) is 12.8 Å². The van der Waals surface area contributed by atoms with E-state index in [4.69, 9.17) is 9.16 Å². The quantitative estimate of drug-likeness (QED) is 0.637. The molecular formula is C10H19O2Si. The van der Waals surface area contributed by atoms with E-state index in [0.29, 0.717) is 6.10 Å². The summed E-state index contributed by atoms with van der Waals surface area (Å²) in [5.41, 5.74) is 0. The van der Waals surface area contributed by atoms with Gasteiger partial charge in [-0.1, -0.05) is 19.8 Å². The highest BCUT2D eigenvalue weighted by Gasteiger charge is 2.41. The van der Waals surface area contributed by atoms with Crippen LogP contribution in [0.3, 0.4) is 0 Å². The van der Waals surface area contributed by atoms with Crippen molar-refractivity contribution in [3.63, 3.8) is 0 Å². The van der Waals surface area contributed by atoms with Crippen LogP contribution < -0.4 is 0 Å². The Morgan fingerprint density at radius 1 is 1.54 bits per heavy atom. The molecule has 75 valence electrons. The minimum Gasteiger partial charge on any atom is -0.390 e. The molecule has 0 N–H and O–H groups in total. The van der Waals surface area contributed by atoms with Crippen molar-refractivity contribution in [2.24, 2.45) is 0 Å². The molecule has 0 aliphatic carbocycles. The fourth-order valence-electron chi connectivity index (χ4n) is 2.42. The Labute approximate surface area is 82.3 Å². The predicted molar refractivity (Wildman–Crippen MR) is 53.9 cm³/mol. The second kappa shape index (κ2) is 3.71. The zero-order chi connectivity index (χ0) is 9.31. The zero-order valence-corrected chi connectivity index (χ0v) is 9.64. The molecule has 2 rings (SSSR count). The molecule has 2 aliphatic heterocycles. The van der Waals surface area contributed by atoms with Crippen LogP contribution in [0.15, 0.2) is 0 Å². The van der Waals surface area contributed by atoms with Gasteiger partial charge in [-0.2, -0.15) is 0 Å². The zero-order valence-electron chi connectivity index (χ0n) is 8.64. The monoisotopic (exact) mass is 199 g/mol. The molecule has 0 amide bonds. The highest BCUT2D eigenvalue weighted by molar-refractivity contribution is 6.52. The van der Waals surface area contributed by atoms with Crippen LogP contribution in [0.2, 0.25) is 12.1 Å². The van der Waals surface area contributed by atoms with Crippen molar-refractivity contribution in [1.82, 2.24) is 0 Å². The van der Waals surface area contributed by atoms with E-state index in [-0.39, 0.29) is 5.79 Å². The van der Waals surface area contributed by atoms with Crippen molar-refractivity contribution in [1.29, 1.82) is 0 Å². The molecule has 2 atom stereocenters. The van der Waals surface area contributed by atoms with Gasteiger partial charge >= 0.3 is 0 Å². The molecule has 2 saturated heterocycles. The molecule has 2 fully saturated rings. The summed E-state index contributed by atoms with van der Waals surface area (Å²) in [7, 11) is -0.502. The van der Waals surface area contributed by atoms with Crippen LogP contribution >= 0.6 is 0 Å². The maximum Gasteiger partial charge on any atom is 0.217 e. The van der Waals surface area contributed by atoms with Crippen LogP contribution in [0.1, 0.15) is 39.5 Å². The van der Waals surface area contributed by atoms with Crippen molar-refractivity contribution in [2.75, 3.05) is 0 Å². The predicted octanol–water partition coefficient (Wildman–Crippen LogP) is 2.70. The Kier molecular flexibility index (Phi) is 2.77. The molecule has 2 nitrogen and oxygen atoms in total. The second-order valence-electron chi connectivity index (χ2n) is 4.36. The third-order valence-electron chi connectivity index (χ3n) is 2.92. The molecule has 0 aromatic heterocycles. The van der Waals surface area contributed by atoms with Crippen molar-refractivity contribution < 1.29 is 9.16 Å². The number of hydrogen-bond donors (Lipinski definition) is 0. The first kappa shape index (κ1) is 9.68. The lowest BCUT2D eigenvalue weighted by Gasteiger charge is -2.45. The van der Waals surface area contributed by atoms with Crippen LogP contribution in [-0.2, 0) is 9.16 Å². The molecule has 2 heterocycles. The number of fused-ring (bicyclic) bond motifs is 2. The minimum atomic E-state index is -0.502. The van der Waals surface area contributed by atoms with E-state index < -0.39 is 9.04 Å². The van der Waals surface area contributed by atoms with Gasteiger partial charge in [0.2, 0.25) is 9.04 Å². The molecule has 0 spiro atoms. The third-order valence-corrected chi connectivity index (χ3v) is 5.46. The molecule has 0 aromatic rings. The van der Waals surface area contributed by atoms with Gasteiger partial charge in [0.05, 0.1) is 6.10 Å². The van der Waals surface area contributed by atoms with E-state index in [9.17, 15) is 0 Å². The Morgan fingerprint density at radius 3 is 3.08 bits per heavy atom. The Bertz CT molecular complexity index is 172. The summed E-state index contributed by atoms with van der Waals surface area (Å²) in [5, 5.41) is 0. The van der Waals surface area contributed by atoms with E-state index in [2.05, 4.69) is 13.8 Å². The second-order valence-corrected chi connectivity index (χ2v) is 6.55. The fourth-order valence-corrected chi connectivity index (χ4v) is 4.97. The molecule has 1 radical (unpaired) electrons. The summed E-state index contributed by atoms with van der Waals surface area (Å²) in [6.07, 6.45) is 5.31. The van der Waals surface area contributed by atoms with Crippen LogP contribution in [0, 0.1) is 0 Å². The van der Waals surface area contributed by atoms with Crippen molar-refractivity contribution in [3.05, 3.63) is 0 Å². The average Bonchev–Trinajstić information content (AvgIpc) is 2.02. The maximum absolute atomic E-state index is 6.06. The summed E-state index contributed by atoms with van der Waals surface area (Å²) in [4.78, 5) is 0. The summed E-state index contributed by atoms with van der Waals surface area (Å²) in [6, 6.07) is 2.56. The lowest BCUT2D eigenvalue weighted by molar-refractivity contribution is -0.224. The van der Waals surface area contributed by atoms with Crippen molar-refractivity contribution in [3.8, 4) is 0 Å². The normalized spacial score (nSPS) is 40.6. The van der Waals surface area contributed by atoms with Gasteiger partial charge in [-0.05, 0) is 31.9 Å². The van der Waals surface area contributed by atoms with E-state index in [1.807, 2.05) is 0 Å². The number of rotatable bonds is 2. The van der Waals surface area contributed by atoms with Crippen LogP contribution in [0.4, 0.5) is 0 Å². The first-order chi connectivity index (χ1) is 6.22. The SMILES string of the molecule is CCCC1(C)OC2CCC[Si](C2)O1. The largest absolute Gasteiger partial charge is 0.390 e. The van der Waals surface area contributed by atoms with Crippen LogP contribution in [0.5, 0.6) is 0 Å². The average molecular weight is 199 g/mol. The van der Waals surface area contributed by atoms with Crippen molar-refractivity contribution in [2.45, 2.75) is 63.5 Å². The Morgan fingerprint density at radius 2 is 2.38 bits per heavy atom. The fraction of sp³-hybridized carbons (Fsp3) is 1.00. The highest BCUT2D eigenvalue weighted by atomic mass is 28.3. The summed E-state index contributed by atoms with van der Waals surface area (Å²) in [5.74, 6) is -0.230. The number of hydrogen-bond acceptors (Lipinski definition) is 2. The van der Waals surface area contributed by atoms with Gasteiger partial charge in [-0.3, -0.25) is 0 Å². The Hall–Kier alpha value is 0.137. The van der Waals surface area contributed by atoms with Gasteiger partial charge < -0.3 is 9.16 Å². The van der Waals surface area contributed by atoms with E-state index in [1.54, 1.807) is 0 Å². The smallest absolute Gasteiger partial charge is 0.217 e. The molecule has 2 unspecified atom stereocenters. The molecule has 0 saturated carbocycles. The summed E-state index contributed by atoms with van der Waals surface area (Å²) >= 11 is 0. The lowest BCUT2D eigenvalue weighted by atomic mass is 10.1. The molecule has 3 heteroatoms. The Balaban J connectivity index is 2.00. The van der Waals surface area contributed by atoms with Crippen LogP contribution in [-0.4, -0.2) is 20.9 Å². The first-order valence-electron chi connectivity index (χ1n) is 5.43. The van der Waals surface area contributed by atoms with Gasteiger partial charge in [0.15, 0.2) is 5.79 Å². The summed E-state index contributed by atoms with van der Waals surface area (Å²) in [6.45, 7) is 4.32. The topological polar surface area (TPSA) is 18.5 Å². The van der Waals surface area contributed by atoms with Gasteiger partial charge in [0.1, 0.15) is 0 Å². The number of ether oxygens (including phenoxy) is 1. The van der Waals surface area contributed by atoms with Gasteiger partial charge in [0.25, 0.3) is 0 Å². The molecule has 2 aliphatic rings. The summed E-state index contributed by atoms with van der Waals surface area (Å²) < 4.78 is 12.1. The minimum absolute atomic E-state index is 0.230. The highest BCUT2D eigenvalue weighted by Crippen LogP contribution is 2.36. The molecule has 13 heavy (non-hydrogen) atoms. The van der Waals surface area contributed by atoms with E-state index in [1.165, 1.54) is 24.9 Å². The maximum atomic E-state index is 6.06. The van der Waals surface area contributed by atoms with Crippen LogP contribution in [0.25, 0.3) is 0 Å². The lowest BCUT2D eigenvalue weighted by Crippen LogP contribution is -2.50. The molecular weight excluding hydrogens is 180 g/mol. The van der Waals surface area contributed by atoms with Gasteiger partial charge in [0, 0.05) is 0 Å². The van der Waals surface area contributed by atoms with Gasteiger partial charge in [-0.15, -0.1) is 0 Å².